The van der Waals surface area contributed by atoms with Crippen LogP contribution in [0.3, 0.4) is 0 Å². The van der Waals surface area contributed by atoms with Crippen LogP contribution in [0.5, 0.6) is 0 Å². The smallest absolute Gasteiger partial charge is 0.287 e. The van der Waals surface area contributed by atoms with E-state index in [2.05, 4.69) is 20.6 Å². The number of aromatic amines is 1. The highest BCUT2D eigenvalue weighted by atomic mass is 35.5. The van der Waals surface area contributed by atoms with E-state index in [9.17, 15) is 4.79 Å². The van der Waals surface area contributed by atoms with Crippen LogP contribution in [0, 0.1) is 0 Å². The van der Waals surface area contributed by atoms with Gasteiger partial charge in [0.1, 0.15) is 5.15 Å². The third kappa shape index (κ3) is 2.95. The number of piperidine rings is 1. The second kappa shape index (κ2) is 5.88. The monoisotopic (exact) mass is 292 g/mol. The summed E-state index contributed by atoms with van der Waals surface area (Å²) in [5.41, 5.74) is 0. The van der Waals surface area contributed by atoms with Gasteiger partial charge < -0.3 is 20.4 Å². The number of halogens is 2. The molecule has 18 heavy (non-hydrogen) atoms. The first kappa shape index (κ1) is 13.6. The zero-order chi connectivity index (χ0) is 13.1. The molecule has 1 aromatic rings. The Balaban J connectivity index is 2.01. The number of rotatable bonds is 3. The van der Waals surface area contributed by atoms with Gasteiger partial charge in [-0.05, 0) is 13.0 Å². The van der Waals surface area contributed by atoms with Crippen LogP contribution >= 0.6 is 23.2 Å². The molecule has 6 nitrogen and oxygen atoms in total. The van der Waals surface area contributed by atoms with E-state index in [0.717, 1.165) is 13.0 Å². The first-order chi connectivity index (χ1) is 8.61. The highest BCUT2D eigenvalue weighted by molar-refractivity contribution is 6.40. The van der Waals surface area contributed by atoms with Crippen molar-refractivity contribution in [1.82, 2.24) is 20.6 Å². The van der Waals surface area contributed by atoms with Gasteiger partial charge in [-0.1, -0.05) is 23.2 Å². The van der Waals surface area contributed by atoms with Crippen LogP contribution in [-0.2, 0) is 4.74 Å². The summed E-state index contributed by atoms with van der Waals surface area (Å²) in [6, 6.07) is -0.0496. The number of aromatic nitrogens is 2. The molecular weight excluding hydrogens is 279 g/mol. The molecule has 1 aliphatic heterocycles. The van der Waals surface area contributed by atoms with Crippen LogP contribution in [0.2, 0.25) is 10.3 Å². The van der Waals surface area contributed by atoms with Crippen molar-refractivity contribution in [2.45, 2.75) is 18.6 Å². The summed E-state index contributed by atoms with van der Waals surface area (Å²) in [5, 5.41) is 6.32. The molecular formula is C10H14Cl2N4O2. The molecule has 0 aromatic carbocycles. The fourth-order valence-corrected chi connectivity index (χ4v) is 2.18. The molecule has 1 aromatic heterocycles. The van der Waals surface area contributed by atoms with E-state index >= 15 is 0 Å². The molecule has 1 amide bonds. The van der Waals surface area contributed by atoms with Crippen molar-refractivity contribution in [2.24, 2.45) is 0 Å². The summed E-state index contributed by atoms with van der Waals surface area (Å²) >= 11 is 11.4. The minimum atomic E-state index is -0.335. The topological polar surface area (TPSA) is 79.0 Å². The van der Waals surface area contributed by atoms with Gasteiger partial charge in [-0.15, -0.1) is 0 Å². The van der Waals surface area contributed by atoms with Gasteiger partial charge in [0, 0.05) is 13.7 Å². The molecule has 3 N–H and O–H groups in total. The number of ether oxygens (including phenoxy) is 1. The van der Waals surface area contributed by atoms with Crippen molar-refractivity contribution in [2.75, 3.05) is 20.2 Å². The summed E-state index contributed by atoms with van der Waals surface area (Å²) in [6.45, 7) is 1.55. The molecule has 100 valence electrons. The molecule has 8 heteroatoms. The summed E-state index contributed by atoms with van der Waals surface area (Å²) in [4.78, 5) is 18.4. The van der Waals surface area contributed by atoms with E-state index in [4.69, 9.17) is 27.9 Å². The molecule has 1 fully saturated rings. The maximum absolute atomic E-state index is 11.9. The van der Waals surface area contributed by atoms with E-state index in [1.807, 2.05) is 0 Å². The molecule has 1 aliphatic rings. The van der Waals surface area contributed by atoms with E-state index < -0.39 is 0 Å². The fourth-order valence-electron chi connectivity index (χ4n) is 1.92. The van der Waals surface area contributed by atoms with E-state index in [1.54, 1.807) is 7.11 Å². The molecule has 1 saturated heterocycles. The first-order valence-corrected chi connectivity index (χ1v) is 6.32. The Morgan fingerprint density at radius 1 is 1.56 bits per heavy atom. The third-order valence-corrected chi connectivity index (χ3v) is 3.52. The average Bonchev–Trinajstić information content (AvgIpc) is 2.70. The van der Waals surface area contributed by atoms with Crippen molar-refractivity contribution >= 4 is 29.1 Å². The van der Waals surface area contributed by atoms with E-state index in [0.29, 0.717) is 6.54 Å². The summed E-state index contributed by atoms with van der Waals surface area (Å²) in [7, 11) is 1.62. The Morgan fingerprint density at radius 3 is 2.94 bits per heavy atom. The predicted molar refractivity (Wildman–Crippen MR) is 68.1 cm³/mol. The van der Waals surface area contributed by atoms with Gasteiger partial charge in [0.25, 0.3) is 5.91 Å². The van der Waals surface area contributed by atoms with Crippen molar-refractivity contribution < 1.29 is 9.53 Å². The van der Waals surface area contributed by atoms with Gasteiger partial charge in [0.05, 0.1) is 12.1 Å². The zero-order valence-electron chi connectivity index (χ0n) is 9.80. The lowest BCUT2D eigenvalue weighted by molar-refractivity contribution is 0.0473. The quantitative estimate of drug-likeness (QED) is 0.771. The molecule has 2 atom stereocenters. The Labute approximate surface area is 114 Å². The van der Waals surface area contributed by atoms with Gasteiger partial charge in [0.15, 0.2) is 11.0 Å². The van der Waals surface area contributed by atoms with Crippen LogP contribution in [-0.4, -0.2) is 48.2 Å². The summed E-state index contributed by atoms with van der Waals surface area (Å²) < 4.78 is 5.31. The summed E-state index contributed by atoms with van der Waals surface area (Å²) in [5.74, 6) is -0.226. The number of amides is 1. The van der Waals surface area contributed by atoms with Gasteiger partial charge in [-0.25, -0.2) is 4.98 Å². The lowest BCUT2D eigenvalue weighted by Gasteiger charge is -2.31. The van der Waals surface area contributed by atoms with Crippen molar-refractivity contribution in [3.8, 4) is 0 Å². The number of hydrogen-bond donors (Lipinski definition) is 3. The first-order valence-electron chi connectivity index (χ1n) is 5.57. The van der Waals surface area contributed by atoms with E-state index in [-0.39, 0.29) is 34.2 Å². The Kier molecular flexibility index (Phi) is 4.45. The van der Waals surface area contributed by atoms with Gasteiger partial charge in [-0.3, -0.25) is 4.79 Å². The minimum Gasteiger partial charge on any atom is -0.378 e. The average molecular weight is 293 g/mol. The largest absolute Gasteiger partial charge is 0.378 e. The molecule has 2 unspecified atom stereocenters. The molecule has 2 heterocycles. The van der Waals surface area contributed by atoms with Gasteiger partial charge >= 0.3 is 0 Å². The number of nitrogens with one attached hydrogen (secondary N) is 3. The molecule has 0 saturated carbocycles. The van der Waals surface area contributed by atoms with Crippen LogP contribution in [0.4, 0.5) is 0 Å². The number of imidazole rings is 1. The Bertz CT molecular complexity index is 418. The molecule has 0 radical (unpaired) electrons. The molecule has 0 aliphatic carbocycles. The minimum absolute atomic E-state index is 0.0496. The molecule has 0 bridgehead atoms. The molecule has 0 spiro atoms. The third-order valence-electron chi connectivity index (χ3n) is 2.88. The van der Waals surface area contributed by atoms with Gasteiger partial charge in [0.2, 0.25) is 0 Å². The highest BCUT2D eigenvalue weighted by Gasteiger charge is 2.27. The Hall–Kier alpha value is -0.820. The SMILES string of the molecule is COC1CNCCC1NC(=O)c1nc(Cl)c(Cl)[nH]1. The van der Waals surface area contributed by atoms with Crippen LogP contribution in [0.1, 0.15) is 17.0 Å². The number of methoxy groups -OCH3 is 1. The zero-order valence-corrected chi connectivity index (χ0v) is 11.3. The van der Waals surface area contributed by atoms with E-state index in [1.165, 1.54) is 0 Å². The maximum atomic E-state index is 11.9. The predicted octanol–water partition coefficient (Wildman–Crippen LogP) is 0.823. The highest BCUT2D eigenvalue weighted by Crippen LogP contribution is 2.18. The maximum Gasteiger partial charge on any atom is 0.287 e. The van der Waals surface area contributed by atoms with Crippen LogP contribution in [0.25, 0.3) is 0 Å². The number of hydrogen-bond acceptors (Lipinski definition) is 4. The lowest BCUT2D eigenvalue weighted by Crippen LogP contribution is -2.53. The van der Waals surface area contributed by atoms with Crippen LogP contribution in [0.15, 0.2) is 0 Å². The Morgan fingerprint density at radius 2 is 2.33 bits per heavy atom. The van der Waals surface area contributed by atoms with Crippen LogP contribution < -0.4 is 10.6 Å². The second-order valence-electron chi connectivity index (χ2n) is 4.04. The molecule has 2 rings (SSSR count). The van der Waals surface area contributed by atoms with Crippen molar-refractivity contribution in [3.63, 3.8) is 0 Å². The second-order valence-corrected chi connectivity index (χ2v) is 4.77. The fraction of sp³-hybridized carbons (Fsp3) is 0.600. The number of H-pyrrole nitrogens is 1. The lowest BCUT2D eigenvalue weighted by atomic mass is 10.0. The van der Waals surface area contributed by atoms with Crippen molar-refractivity contribution in [3.05, 3.63) is 16.1 Å². The number of carbonyl (C=O) groups excluding carboxylic acids is 1. The van der Waals surface area contributed by atoms with Gasteiger partial charge in [-0.2, -0.15) is 0 Å². The number of carbonyl (C=O) groups is 1. The standard InChI is InChI=1S/C10H14Cl2N4O2/c1-18-6-4-13-3-2-5(6)14-10(17)9-15-7(11)8(12)16-9/h5-6,13H,2-4H2,1H3,(H,14,17)(H,15,16). The number of nitrogens with zero attached hydrogens (tertiary/aromatic N) is 1. The summed E-state index contributed by atoms with van der Waals surface area (Å²) in [6.07, 6.45) is 0.746. The van der Waals surface area contributed by atoms with Crippen molar-refractivity contribution in [1.29, 1.82) is 0 Å². The normalized spacial score (nSPS) is 23.9.